The molecule has 4 heteroatoms. The van der Waals surface area contributed by atoms with Crippen LogP contribution in [0.5, 0.6) is 0 Å². The standard InChI is InChI=1S/C15H17ClN2O/c1-11-7-14(15(16)18-8-11)17-9-12-3-5-13(6-4-12)10-19-2/h3-8,17H,9-10H2,1-2H3. The largest absolute Gasteiger partial charge is 0.380 e. The van der Waals surface area contributed by atoms with E-state index in [1.54, 1.807) is 13.3 Å². The zero-order chi connectivity index (χ0) is 13.7. The molecule has 3 nitrogen and oxygen atoms in total. The number of methoxy groups -OCH3 is 1. The number of benzene rings is 1. The summed E-state index contributed by atoms with van der Waals surface area (Å²) < 4.78 is 5.08. The Morgan fingerprint density at radius 3 is 2.58 bits per heavy atom. The number of nitrogens with one attached hydrogen (secondary N) is 1. The van der Waals surface area contributed by atoms with Gasteiger partial charge >= 0.3 is 0 Å². The molecular formula is C15H17ClN2O. The number of rotatable bonds is 5. The van der Waals surface area contributed by atoms with E-state index in [2.05, 4.69) is 34.6 Å². The van der Waals surface area contributed by atoms with Crippen LogP contribution in [-0.4, -0.2) is 12.1 Å². The molecule has 0 atom stereocenters. The van der Waals surface area contributed by atoms with Crippen LogP contribution in [0, 0.1) is 6.92 Å². The van der Waals surface area contributed by atoms with E-state index >= 15 is 0 Å². The Kier molecular flexibility index (Phi) is 4.77. The third kappa shape index (κ3) is 3.94. The molecule has 0 aliphatic heterocycles. The smallest absolute Gasteiger partial charge is 0.152 e. The van der Waals surface area contributed by atoms with Gasteiger partial charge in [-0.25, -0.2) is 4.98 Å². The summed E-state index contributed by atoms with van der Waals surface area (Å²) >= 11 is 6.04. The fourth-order valence-electron chi connectivity index (χ4n) is 1.79. The van der Waals surface area contributed by atoms with Gasteiger partial charge in [0.05, 0.1) is 12.3 Å². The molecule has 1 heterocycles. The highest BCUT2D eigenvalue weighted by Crippen LogP contribution is 2.20. The van der Waals surface area contributed by atoms with Crippen molar-refractivity contribution in [2.75, 3.05) is 12.4 Å². The molecule has 0 aliphatic rings. The van der Waals surface area contributed by atoms with Gasteiger partial charge in [0.1, 0.15) is 0 Å². The maximum Gasteiger partial charge on any atom is 0.152 e. The van der Waals surface area contributed by atoms with Gasteiger partial charge in [-0.1, -0.05) is 35.9 Å². The fraction of sp³-hybridized carbons (Fsp3) is 0.267. The topological polar surface area (TPSA) is 34.1 Å². The fourth-order valence-corrected chi connectivity index (χ4v) is 1.96. The molecule has 0 spiro atoms. The predicted octanol–water partition coefficient (Wildman–Crippen LogP) is 3.80. The van der Waals surface area contributed by atoms with E-state index < -0.39 is 0 Å². The van der Waals surface area contributed by atoms with Crippen LogP contribution in [-0.2, 0) is 17.9 Å². The van der Waals surface area contributed by atoms with Gasteiger partial charge in [0.2, 0.25) is 0 Å². The first-order valence-corrected chi connectivity index (χ1v) is 6.49. The van der Waals surface area contributed by atoms with Crippen LogP contribution in [0.15, 0.2) is 36.5 Å². The molecule has 0 unspecified atom stereocenters. The number of nitrogens with zero attached hydrogens (tertiary/aromatic N) is 1. The van der Waals surface area contributed by atoms with Crippen LogP contribution in [0.1, 0.15) is 16.7 Å². The number of ether oxygens (including phenoxy) is 1. The van der Waals surface area contributed by atoms with Crippen molar-refractivity contribution in [1.29, 1.82) is 0 Å². The summed E-state index contributed by atoms with van der Waals surface area (Å²) in [5.41, 5.74) is 4.31. The van der Waals surface area contributed by atoms with Crippen LogP contribution in [0.25, 0.3) is 0 Å². The summed E-state index contributed by atoms with van der Waals surface area (Å²) in [5, 5.41) is 3.80. The van der Waals surface area contributed by atoms with E-state index in [9.17, 15) is 0 Å². The second-order valence-electron chi connectivity index (χ2n) is 4.45. The lowest BCUT2D eigenvalue weighted by atomic mass is 10.1. The first-order chi connectivity index (χ1) is 9.19. The molecule has 0 saturated carbocycles. The molecule has 1 aromatic heterocycles. The number of hydrogen-bond acceptors (Lipinski definition) is 3. The predicted molar refractivity (Wildman–Crippen MR) is 78.5 cm³/mol. The summed E-state index contributed by atoms with van der Waals surface area (Å²) in [4.78, 5) is 4.12. The third-order valence-electron chi connectivity index (χ3n) is 2.79. The van der Waals surface area contributed by atoms with Crippen molar-refractivity contribution in [2.24, 2.45) is 0 Å². The average molecular weight is 277 g/mol. The van der Waals surface area contributed by atoms with E-state index in [1.807, 2.05) is 13.0 Å². The molecule has 100 valence electrons. The Morgan fingerprint density at radius 1 is 1.21 bits per heavy atom. The lowest BCUT2D eigenvalue weighted by molar-refractivity contribution is 0.185. The Morgan fingerprint density at radius 2 is 1.89 bits per heavy atom. The summed E-state index contributed by atoms with van der Waals surface area (Å²) in [5.74, 6) is 0. The minimum absolute atomic E-state index is 0.501. The summed E-state index contributed by atoms with van der Waals surface area (Å²) in [7, 11) is 1.70. The van der Waals surface area contributed by atoms with Crippen LogP contribution in [0.3, 0.4) is 0 Å². The molecular weight excluding hydrogens is 260 g/mol. The highest BCUT2D eigenvalue weighted by atomic mass is 35.5. The van der Waals surface area contributed by atoms with Crippen LogP contribution in [0.2, 0.25) is 5.15 Å². The Hall–Kier alpha value is -1.58. The second kappa shape index (κ2) is 6.55. The van der Waals surface area contributed by atoms with E-state index in [-0.39, 0.29) is 0 Å². The van der Waals surface area contributed by atoms with Gasteiger partial charge < -0.3 is 10.1 Å². The van der Waals surface area contributed by atoms with Gasteiger partial charge in [-0.15, -0.1) is 0 Å². The van der Waals surface area contributed by atoms with E-state index in [4.69, 9.17) is 16.3 Å². The van der Waals surface area contributed by atoms with Gasteiger partial charge in [0, 0.05) is 19.9 Å². The molecule has 1 aromatic carbocycles. The van der Waals surface area contributed by atoms with E-state index in [0.717, 1.165) is 17.8 Å². The van der Waals surface area contributed by atoms with Gasteiger partial charge in [0.25, 0.3) is 0 Å². The number of aryl methyl sites for hydroxylation is 1. The number of anilines is 1. The molecule has 1 N–H and O–H groups in total. The average Bonchev–Trinajstić information content (AvgIpc) is 2.42. The summed E-state index contributed by atoms with van der Waals surface area (Å²) in [6, 6.07) is 10.3. The number of halogens is 1. The number of aromatic nitrogens is 1. The molecule has 19 heavy (non-hydrogen) atoms. The van der Waals surface area contributed by atoms with Crippen molar-refractivity contribution in [3.63, 3.8) is 0 Å². The lowest BCUT2D eigenvalue weighted by Gasteiger charge is -2.09. The van der Waals surface area contributed by atoms with Crippen molar-refractivity contribution in [3.05, 3.63) is 58.4 Å². The molecule has 2 aromatic rings. The van der Waals surface area contributed by atoms with Crippen molar-refractivity contribution >= 4 is 17.3 Å². The Bertz CT molecular complexity index is 540. The van der Waals surface area contributed by atoms with Crippen molar-refractivity contribution in [1.82, 2.24) is 4.98 Å². The van der Waals surface area contributed by atoms with Gasteiger partial charge in [-0.2, -0.15) is 0 Å². The minimum atomic E-state index is 0.501. The van der Waals surface area contributed by atoms with Crippen LogP contribution in [0.4, 0.5) is 5.69 Å². The van der Waals surface area contributed by atoms with Gasteiger partial charge in [0.15, 0.2) is 5.15 Å². The van der Waals surface area contributed by atoms with Gasteiger partial charge in [-0.3, -0.25) is 0 Å². The van der Waals surface area contributed by atoms with Crippen molar-refractivity contribution in [2.45, 2.75) is 20.1 Å². The molecule has 2 rings (SSSR count). The van der Waals surface area contributed by atoms with Gasteiger partial charge in [-0.05, 0) is 29.7 Å². The van der Waals surface area contributed by atoms with Crippen molar-refractivity contribution < 1.29 is 4.74 Å². The number of hydrogen-bond donors (Lipinski definition) is 1. The highest BCUT2D eigenvalue weighted by molar-refractivity contribution is 6.31. The zero-order valence-corrected chi connectivity index (χ0v) is 11.9. The zero-order valence-electron chi connectivity index (χ0n) is 11.1. The molecule has 0 amide bonds. The second-order valence-corrected chi connectivity index (χ2v) is 4.81. The highest BCUT2D eigenvalue weighted by Gasteiger charge is 2.01. The molecule has 0 saturated heterocycles. The maximum atomic E-state index is 6.04. The summed E-state index contributed by atoms with van der Waals surface area (Å²) in [6.45, 7) is 3.35. The normalized spacial score (nSPS) is 10.5. The number of pyridine rings is 1. The molecule has 0 radical (unpaired) electrons. The van der Waals surface area contributed by atoms with E-state index in [0.29, 0.717) is 11.8 Å². The molecule has 0 bridgehead atoms. The van der Waals surface area contributed by atoms with Crippen LogP contribution >= 0.6 is 11.6 Å². The Balaban J connectivity index is 2.00. The first kappa shape index (κ1) is 13.8. The monoisotopic (exact) mass is 276 g/mol. The van der Waals surface area contributed by atoms with E-state index in [1.165, 1.54) is 11.1 Å². The first-order valence-electron chi connectivity index (χ1n) is 6.12. The van der Waals surface area contributed by atoms with Crippen molar-refractivity contribution in [3.8, 4) is 0 Å². The minimum Gasteiger partial charge on any atom is -0.380 e. The summed E-state index contributed by atoms with van der Waals surface area (Å²) in [6.07, 6.45) is 1.76. The lowest BCUT2D eigenvalue weighted by Crippen LogP contribution is -2.01. The van der Waals surface area contributed by atoms with Crippen LogP contribution < -0.4 is 5.32 Å². The SMILES string of the molecule is COCc1ccc(CNc2cc(C)cnc2Cl)cc1. The molecule has 0 aliphatic carbocycles. The maximum absolute atomic E-state index is 6.04. The molecule has 0 fully saturated rings. The Labute approximate surface area is 118 Å². The third-order valence-corrected chi connectivity index (χ3v) is 3.09. The quantitative estimate of drug-likeness (QED) is 0.844.